The maximum absolute atomic E-state index is 11.8. The molecule has 0 amide bonds. The molecule has 2 rings (SSSR count). The maximum Gasteiger partial charge on any atom is 0.330 e. The molecule has 20 heavy (non-hydrogen) atoms. The van der Waals surface area contributed by atoms with Crippen molar-refractivity contribution in [2.45, 2.75) is 38.2 Å². The molecule has 7 heteroatoms. The molecule has 1 aromatic rings. The zero-order valence-electron chi connectivity index (χ0n) is 11.0. The number of nitrogens with zero attached hydrogens (tertiary/aromatic N) is 1. The zero-order valence-corrected chi connectivity index (χ0v) is 11.0. The summed E-state index contributed by atoms with van der Waals surface area (Å²) in [7, 11) is 0. The summed E-state index contributed by atoms with van der Waals surface area (Å²) in [6, 6.07) is 0. The molecule has 1 fully saturated rings. The third kappa shape index (κ3) is 2.82. The van der Waals surface area contributed by atoms with Gasteiger partial charge in [0.25, 0.3) is 5.56 Å². The Bertz CT molecular complexity index is 651. The fourth-order valence-corrected chi connectivity index (χ4v) is 2.18. The van der Waals surface area contributed by atoms with E-state index in [2.05, 4.69) is 16.8 Å². The Balaban J connectivity index is 2.38. The first-order valence-electron chi connectivity index (χ1n) is 6.35. The van der Waals surface area contributed by atoms with E-state index in [1.807, 2.05) is 6.92 Å². The quantitative estimate of drug-likeness (QED) is 0.599. The topological polar surface area (TPSA) is 105 Å². The third-order valence-corrected chi connectivity index (χ3v) is 3.19. The summed E-state index contributed by atoms with van der Waals surface area (Å²) >= 11 is 0. The predicted octanol–water partition coefficient (Wildman–Crippen LogP) is -1.06. The van der Waals surface area contributed by atoms with Crippen molar-refractivity contribution in [1.29, 1.82) is 0 Å². The fourth-order valence-electron chi connectivity index (χ4n) is 2.18. The molecule has 1 aliphatic rings. The average molecular weight is 280 g/mol. The Morgan fingerprint density at radius 2 is 2.30 bits per heavy atom. The lowest BCUT2D eigenvalue weighted by atomic mass is 10.1. The smallest absolute Gasteiger partial charge is 0.330 e. The highest BCUT2D eigenvalue weighted by atomic mass is 16.5. The number of ether oxygens (including phenoxy) is 1. The van der Waals surface area contributed by atoms with Crippen LogP contribution in [0, 0.1) is 11.8 Å². The third-order valence-electron chi connectivity index (χ3n) is 3.19. The van der Waals surface area contributed by atoms with E-state index >= 15 is 0 Å². The largest absolute Gasteiger partial charge is 0.390 e. The first-order chi connectivity index (χ1) is 9.56. The van der Waals surface area contributed by atoms with Crippen LogP contribution in [0.15, 0.2) is 15.8 Å². The van der Waals surface area contributed by atoms with Crippen LogP contribution in [0.25, 0.3) is 0 Å². The van der Waals surface area contributed by atoms with Crippen LogP contribution in [0.3, 0.4) is 0 Å². The Hall–Kier alpha value is -1.88. The van der Waals surface area contributed by atoms with Gasteiger partial charge < -0.3 is 14.9 Å². The monoisotopic (exact) mass is 280 g/mol. The Kier molecular flexibility index (Phi) is 4.39. The van der Waals surface area contributed by atoms with Crippen molar-refractivity contribution in [3.63, 3.8) is 0 Å². The van der Waals surface area contributed by atoms with Gasteiger partial charge in [-0.2, -0.15) is 0 Å². The van der Waals surface area contributed by atoms with Crippen LogP contribution >= 0.6 is 0 Å². The lowest BCUT2D eigenvalue weighted by Gasteiger charge is -2.14. The normalized spacial score (nSPS) is 25.2. The molecule has 3 unspecified atom stereocenters. The molecule has 0 bridgehead atoms. The minimum Gasteiger partial charge on any atom is -0.390 e. The van der Waals surface area contributed by atoms with Crippen molar-refractivity contribution >= 4 is 0 Å². The zero-order chi connectivity index (χ0) is 14.7. The van der Waals surface area contributed by atoms with Crippen molar-refractivity contribution in [1.82, 2.24) is 9.55 Å². The molecule has 0 spiro atoms. The van der Waals surface area contributed by atoms with Crippen molar-refractivity contribution in [3.05, 3.63) is 32.6 Å². The number of aliphatic hydroxyl groups excluding tert-OH is 2. The predicted molar refractivity (Wildman–Crippen MR) is 70.1 cm³/mol. The summed E-state index contributed by atoms with van der Waals surface area (Å²) < 4.78 is 6.79. The lowest BCUT2D eigenvalue weighted by Crippen LogP contribution is -2.33. The van der Waals surface area contributed by atoms with Gasteiger partial charge in [0.2, 0.25) is 0 Å². The highest BCUT2D eigenvalue weighted by Crippen LogP contribution is 2.28. The molecule has 2 heterocycles. The number of hydrogen-bond donors (Lipinski definition) is 3. The summed E-state index contributed by atoms with van der Waals surface area (Å²) in [6.07, 6.45) is 0.597. The number of H-pyrrole nitrogens is 1. The Morgan fingerprint density at radius 3 is 2.90 bits per heavy atom. The first kappa shape index (κ1) is 14.5. The van der Waals surface area contributed by atoms with Gasteiger partial charge in [0.1, 0.15) is 18.4 Å². The van der Waals surface area contributed by atoms with Crippen LogP contribution in [0.2, 0.25) is 0 Å². The van der Waals surface area contributed by atoms with Crippen molar-refractivity contribution in [2.75, 3.05) is 6.61 Å². The van der Waals surface area contributed by atoms with E-state index in [0.29, 0.717) is 6.42 Å². The van der Waals surface area contributed by atoms with Crippen LogP contribution in [-0.2, 0) is 4.74 Å². The van der Waals surface area contributed by atoms with Gasteiger partial charge >= 0.3 is 5.69 Å². The lowest BCUT2D eigenvalue weighted by molar-refractivity contribution is -0.0218. The number of nitrogens with one attached hydrogen (secondary N) is 1. The second-order valence-corrected chi connectivity index (χ2v) is 4.51. The molecule has 1 saturated heterocycles. The Morgan fingerprint density at radius 1 is 1.55 bits per heavy atom. The van der Waals surface area contributed by atoms with Crippen LogP contribution in [0.5, 0.6) is 0 Å². The van der Waals surface area contributed by atoms with Gasteiger partial charge in [0.15, 0.2) is 0 Å². The molecule has 0 saturated carbocycles. The number of aromatic amines is 1. The Labute approximate surface area is 114 Å². The van der Waals surface area contributed by atoms with Crippen molar-refractivity contribution < 1.29 is 14.9 Å². The summed E-state index contributed by atoms with van der Waals surface area (Å²) in [5, 5.41) is 18.4. The standard InChI is InChI=1S/C13H16N2O5/c1-2-10-9(17)6-11(20-10)15-7-8(4-3-5-16)12(18)14-13(15)19/h7,9-11,16-17H,2,5-6H2,1H3,(H,14,18,19). The van der Waals surface area contributed by atoms with Crippen molar-refractivity contribution in [3.8, 4) is 11.8 Å². The minimum absolute atomic E-state index is 0.0664. The molecular weight excluding hydrogens is 264 g/mol. The molecule has 3 N–H and O–H groups in total. The second-order valence-electron chi connectivity index (χ2n) is 4.51. The highest BCUT2D eigenvalue weighted by Gasteiger charge is 2.34. The van der Waals surface area contributed by atoms with E-state index in [4.69, 9.17) is 9.84 Å². The van der Waals surface area contributed by atoms with Gasteiger partial charge in [0, 0.05) is 12.6 Å². The average Bonchev–Trinajstić information content (AvgIpc) is 2.79. The SMILES string of the molecule is CCC1OC(n2cc(C#CCO)c(=O)[nH]c2=O)CC1O. The molecular formula is C13H16N2O5. The van der Waals surface area contributed by atoms with E-state index < -0.39 is 23.6 Å². The second kappa shape index (κ2) is 6.05. The van der Waals surface area contributed by atoms with E-state index in [0.717, 1.165) is 0 Å². The molecule has 0 radical (unpaired) electrons. The molecule has 0 aliphatic carbocycles. The van der Waals surface area contributed by atoms with E-state index in [-0.39, 0.29) is 24.7 Å². The number of aliphatic hydroxyl groups is 2. The van der Waals surface area contributed by atoms with Gasteiger partial charge in [-0.25, -0.2) is 4.79 Å². The van der Waals surface area contributed by atoms with Gasteiger partial charge in [0.05, 0.1) is 12.2 Å². The molecule has 3 atom stereocenters. The van der Waals surface area contributed by atoms with Crippen LogP contribution in [0.4, 0.5) is 0 Å². The summed E-state index contributed by atoms with van der Waals surface area (Å²) in [5.74, 6) is 4.82. The summed E-state index contributed by atoms with van der Waals surface area (Å²) in [4.78, 5) is 25.5. The number of rotatable bonds is 2. The van der Waals surface area contributed by atoms with E-state index in [1.165, 1.54) is 10.8 Å². The number of hydrogen-bond acceptors (Lipinski definition) is 5. The first-order valence-corrected chi connectivity index (χ1v) is 6.35. The van der Waals surface area contributed by atoms with Crippen LogP contribution in [-0.4, -0.2) is 38.6 Å². The van der Waals surface area contributed by atoms with Crippen LogP contribution < -0.4 is 11.2 Å². The summed E-state index contributed by atoms with van der Waals surface area (Å²) in [6.45, 7) is 1.50. The fraction of sp³-hybridized carbons (Fsp3) is 0.538. The molecule has 0 aromatic carbocycles. The molecule has 7 nitrogen and oxygen atoms in total. The highest BCUT2D eigenvalue weighted by molar-refractivity contribution is 5.29. The van der Waals surface area contributed by atoms with Gasteiger partial charge in [-0.05, 0) is 6.42 Å². The van der Waals surface area contributed by atoms with Crippen LogP contribution in [0.1, 0.15) is 31.6 Å². The van der Waals surface area contributed by atoms with Gasteiger partial charge in [-0.15, -0.1) is 0 Å². The number of aromatic nitrogens is 2. The van der Waals surface area contributed by atoms with E-state index in [9.17, 15) is 14.7 Å². The van der Waals surface area contributed by atoms with E-state index in [1.54, 1.807) is 0 Å². The maximum atomic E-state index is 11.8. The van der Waals surface area contributed by atoms with Gasteiger partial charge in [-0.1, -0.05) is 18.8 Å². The minimum atomic E-state index is -0.643. The summed E-state index contributed by atoms with van der Waals surface area (Å²) in [5.41, 5.74) is -1.16. The molecule has 1 aromatic heterocycles. The molecule has 108 valence electrons. The van der Waals surface area contributed by atoms with Crippen molar-refractivity contribution in [2.24, 2.45) is 0 Å². The molecule has 1 aliphatic heterocycles. The van der Waals surface area contributed by atoms with Gasteiger partial charge in [-0.3, -0.25) is 14.3 Å².